The second kappa shape index (κ2) is 9.88. The molecule has 0 amide bonds. The van der Waals surface area contributed by atoms with Gasteiger partial charge in [-0.3, -0.25) is 4.72 Å². The molecule has 1 aliphatic rings. The van der Waals surface area contributed by atoms with Gasteiger partial charge in [0.05, 0.1) is 23.1 Å². The quantitative estimate of drug-likeness (QED) is 0.448. The first-order chi connectivity index (χ1) is 15.5. The molecule has 176 valence electrons. The number of esters is 1. The number of hydrogen-bond acceptors (Lipinski definition) is 5. The van der Waals surface area contributed by atoms with Crippen molar-refractivity contribution in [2.45, 2.75) is 31.7 Å². The lowest BCUT2D eigenvalue weighted by molar-refractivity contribution is -0.140. The van der Waals surface area contributed by atoms with Crippen molar-refractivity contribution < 1.29 is 22.3 Å². The van der Waals surface area contributed by atoms with Crippen LogP contribution in [-0.2, 0) is 19.6 Å². The zero-order chi connectivity index (χ0) is 24.3. The molecule has 0 saturated carbocycles. The molecule has 33 heavy (non-hydrogen) atoms. The summed E-state index contributed by atoms with van der Waals surface area (Å²) < 4.78 is 46.6. The SMILES string of the molecule is CC1=C(C(=O)OCC(C)C)C(c2cccc(NS(=O)(=O)c3ccc(F)cc3)c2)NC(=S)N1C. The van der Waals surface area contributed by atoms with Crippen LogP contribution in [0.4, 0.5) is 10.1 Å². The van der Waals surface area contributed by atoms with Gasteiger partial charge in [0.1, 0.15) is 5.82 Å². The van der Waals surface area contributed by atoms with E-state index in [1.54, 1.807) is 43.1 Å². The smallest absolute Gasteiger partial charge is 0.338 e. The topological polar surface area (TPSA) is 87.7 Å². The number of nitrogens with one attached hydrogen (secondary N) is 2. The number of sulfonamides is 1. The summed E-state index contributed by atoms with van der Waals surface area (Å²) in [5.74, 6) is -0.822. The third-order valence-corrected chi connectivity index (χ3v) is 6.91. The molecule has 1 heterocycles. The number of ether oxygens (including phenoxy) is 1. The van der Waals surface area contributed by atoms with E-state index >= 15 is 0 Å². The Bertz CT molecular complexity index is 1190. The summed E-state index contributed by atoms with van der Waals surface area (Å²) in [5, 5.41) is 3.57. The van der Waals surface area contributed by atoms with Crippen molar-refractivity contribution in [3.63, 3.8) is 0 Å². The van der Waals surface area contributed by atoms with E-state index in [0.717, 1.165) is 12.1 Å². The Labute approximate surface area is 198 Å². The van der Waals surface area contributed by atoms with E-state index in [2.05, 4.69) is 10.0 Å². The van der Waals surface area contributed by atoms with E-state index < -0.39 is 27.9 Å². The van der Waals surface area contributed by atoms with Crippen LogP contribution in [0.15, 0.2) is 64.7 Å². The third kappa shape index (κ3) is 5.69. The molecule has 0 saturated heterocycles. The standard InChI is InChI=1S/C23H26FN3O4S2/c1-14(2)13-31-22(28)20-15(3)27(4)23(32)25-21(20)16-6-5-7-18(12-16)26-33(29,30)19-10-8-17(24)9-11-19/h5-12,14,21,26H,13H2,1-4H3,(H,25,32). The number of thiocarbonyl (C=S) groups is 1. The van der Waals surface area contributed by atoms with Gasteiger partial charge in [0.25, 0.3) is 10.0 Å². The van der Waals surface area contributed by atoms with Crippen LogP contribution in [0.25, 0.3) is 0 Å². The molecule has 0 bridgehead atoms. The number of rotatable bonds is 7. The average molecular weight is 492 g/mol. The molecule has 0 aromatic heterocycles. The maximum absolute atomic E-state index is 13.2. The van der Waals surface area contributed by atoms with E-state index in [1.165, 1.54) is 12.1 Å². The Hall–Kier alpha value is -2.98. The van der Waals surface area contributed by atoms with Gasteiger partial charge in [-0.25, -0.2) is 17.6 Å². The maximum atomic E-state index is 13.2. The van der Waals surface area contributed by atoms with Gasteiger partial charge in [-0.15, -0.1) is 0 Å². The van der Waals surface area contributed by atoms with Crippen molar-refractivity contribution in [3.8, 4) is 0 Å². The molecule has 7 nitrogen and oxygen atoms in total. The third-order valence-electron chi connectivity index (χ3n) is 5.12. The predicted octanol–water partition coefficient (Wildman–Crippen LogP) is 3.96. The number of carbonyl (C=O) groups is 1. The van der Waals surface area contributed by atoms with Crippen molar-refractivity contribution in [1.82, 2.24) is 10.2 Å². The first-order valence-electron chi connectivity index (χ1n) is 10.3. The molecule has 1 aliphatic heterocycles. The number of carbonyl (C=O) groups excluding carboxylic acids is 1. The summed E-state index contributed by atoms with van der Waals surface area (Å²) in [6.45, 7) is 5.95. The van der Waals surface area contributed by atoms with Crippen molar-refractivity contribution >= 4 is 39.0 Å². The van der Waals surface area contributed by atoms with Crippen molar-refractivity contribution in [1.29, 1.82) is 0 Å². The van der Waals surface area contributed by atoms with E-state index in [-0.39, 0.29) is 23.1 Å². The van der Waals surface area contributed by atoms with Crippen LogP contribution in [0.1, 0.15) is 32.4 Å². The van der Waals surface area contributed by atoms with Gasteiger partial charge in [-0.1, -0.05) is 26.0 Å². The van der Waals surface area contributed by atoms with E-state index in [4.69, 9.17) is 17.0 Å². The van der Waals surface area contributed by atoms with Gasteiger partial charge in [0.2, 0.25) is 0 Å². The monoisotopic (exact) mass is 491 g/mol. The van der Waals surface area contributed by atoms with Crippen LogP contribution in [0.3, 0.4) is 0 Å². The Morgan fingerprint density at radius 2 is 1.91 bits per heavy atom. The number of nitrogens with zero attached hydrogens (tertiary/aromatic N) is 1. The predicted molar refractivity (Wildman–Crippen MR) is 128 cm³/mol. The average Bonchev–Trinajstić information content (AvgIpc) is 2.75. The number of allylic oxidation sites excluding steroid dienone is 1. The van der Waals surface area contributed by atoms with Gasteiger partial charge in [-0.05, 0) is 67.0 Å². The highest BCUT2D eigenvalue weighted by Crippen LogP contribution is 2.32. The number of benzene rings is 2. The number of halogens is 1. The summed E-state index contributed by atoms with van der Waals surface area (Å²) in [4.78, 5) is 14.6. The zero-order valence-electron chi connectivity index (χ0n) is 18.8. The maximum Gasteiger partial charge on any atom is 0.338 e. The Kier molecular flexibility index (Phi) is 7.38. The zero-order valence-corrected chi connectivity index (χ0v) is 20.4. The Balaban J connectivity index is 1.94. The lowest BCUT2D eigenvalue weighted by Crippen LogP contribution is -2.46. The van der Waals surface area contributed by atoms with Gasteiger partial charge in [-0.2, -0.15) is 0 Å². The molecule has 2 aromatic rings. The summed E-state index contributed by atoms with van der Waals surface area (Å²) in [5.41, 5.74) is 1.96. The first kappa shape index (κ1) is 24.7. The molecule has 1 atom stereocenters. The van der Waals surface area contributed by atoms with Gasteiger partial charge in [0.15, 0.2) is 5.11 Å². The highest BCUT2D eigenvalue weighted by Gasteiger charge is 2.33. The molecule has 2 aromatic carbocycles. The lowest BCUT2D eigenvalue weighted by Gasteiger charge is -2.35. The number of hydrogen-bond donors (Lipinski definition) is 2. The van der Waals surface area contributed by atoms with Crippen molar-refractivity contribution in [3.05, 3.63) is 71.2 Å². The van der Waals surface area contributed by atoms with Crippen LogP contribution in [0, 0.1) is 11.7 Å². The molecule has 0 spiro atoms. The fourth-order valence-electron chi connectivity index (χ4n) is 3.28. The van der Waals surface area contributed by atoms with E-state index in [0.29, 0.717) is 21.9 Å². The summed E-state index contributed by atoms with van der Waals surface area (Å²) in [7, 11) is -2.18. The molecule has 2 N–H and O–H groups in total. The second-order valence-corrected chi connectivity index (χ2v) is 10.2. The van der Waals surface area contributed by atoms with Crippen LogP contribution < -0.4 is 10.0 Å². The lowest BCUT2D eigenvalue weighted by atomic mass is 9.95. The largest absolute Gasteiger partial charge is 0.462 e. The summed E-state index contributed by atoms with van der Waals surface area (Å²) in [6, 6.07) is 10.6. The van der Waals surface area contributed by atoms with Crippen LogP contribution in [-0.4, -0.2) is 38.1 Å². The molecule has 0 fully saturated rings. The minimum atomic E-state index is -3.93. The first-order valence-corrected chi connectivity index (χ1v) is 12.2. The second-order valence-electron chi connectivity index (χ2n) is 8.12. The Morgan fingerprint density at radius 3 is 2.55 bits per heavy atom. The minimum Gasteiger partial charge on any atom is -0.462 e. The normalized spacial score (nSPS) is 16.6. The molecule has 0 aliphatic carbocycles. The summed E-state index contributed by atoms with van der Waals surface area (Å²) >= 11 is 5.41. The Morgan fingerprint density at radius 1 is 1.24 bits per heavy atom. The highest BCUT2D eigenvalue weighted by atomic mass is 32.2. The molecule has 3 rings (SSSR count). The van der Waals surface area contributed by atoms with Gasteiger partial charge in [0, 0.05) is 18.4 Å². The fraction of sp³-hybridized carbons (Fsp3) is 0.304. The van der Waals surface area contributed by atoms with Crippen LogP contribution >= 0.6 is 12.2 Å². The van der Waals surface area contributed by atoms with E-state index in [9.17, 15) is 17.6 Å². The molecule has 1 unspecified atom stereocenters. The van der Waals surface area contributed by atoms with E-state index in [1.807, 2.05) is 13.8 Å². The summed E-state index contributed by atoms with van der Waals surface area (Å²) in [6.07, 6.45) is 0. The molecule has 0 radical (unpaired) electrons. The van der Waals surface area contributed by atoms with Crippen molar-refractivity contribution in [2.24, 2.45) is 5.92 Å². The minimum absolute atomic E-state index is 0.0680. The molecular formula is C23H26FN3O4S2. The number of anilines is 1. The van der Waals surface area contributed by atoms with Crippen LogP contribution in [0.2, 0.25) is 0 Å². The highest BCUT2D eigenvalue weighted by molar-refractivity contribution is 7.92. The van der Waals surface area contributed by atoms with Gasteiger partial charge < -0.3 is 15.0 Å². The van der Waals surface area contributed by atoms with Crippen LogP contribution in [0.5, 0.6) is 0 Å². The molecule has 10 heteroatoms. The molecular weight excluding hydrogens is 465 g/mol. The van der Waals surface area contributed by atoms with Gasteiger partial charge >= 0.3 is 5.97 Å². The fourth-order valence-corrected chi connectivity index (χ4v) is 4.58. The van der Waals surface area contributed by atoms with Crippen molar-refractivity contribution in [2.75, 3.05) is 18.4 Å².